The molecule has 3 nitrogen and oxygen atoms in total. The molecule has 0 saturated heterocycles. The summed E-state index contributed by atoms with van der Waals surface area (Å²) < 4.78 is 31.3. The molecule has 0 aromatic heterocycles. The lowest BCUT2D eigenvalue weighted by atomic mass is 10.2. The summed E-state index contributed by atoms with van der Waals surface area (Å²) in [6, 6.07) is 2.03. The Bertz CT molecular complexity index is 344. The maximum Gasteiger partial charge on any atom is 0.167 e. The number of anilines is 1. The number of hydrogen-bond acceptors (Lipinski definition) is 3. The second kappa shape index (κ2) is 4.93. The molecular weight excluding hydrogens is 204 g/mol. The van der Waals surface area contributed by atoms with Gasteiger partial charge in [0.1, 0.15) is 5.82 Å². The predicted octanol–water partition coefficient (Wildman–Crippen LogP) is 1.40. The highest BCUT2D eigenvalue weighted by Crippen LogP contribution is 2.26. The first-order valence-electron chi connectivity index (χ1n) is 4.45. The molecule has 0 heterocycles. The van der Waals surface area contributed by atoms with Crippen molar-refractivity contribution in [3.63, 3.8) is 0 Å². The standard InChI is InChI=1S/C10H13F2NO2/c1-13(3-4-14)9-5-8(12)10(15-2)6-7(9)11/h5-6,14H,3-4H2,1-2H3. The smallest absolute Gasteiger partial charge is 0.167 e. The van der Waals surface area contributed by atoms with Gasteiger partial charge in [-0.15, -0.1) is 0 Å². The molecule has 0 aliphatic carbocycles. The summed E-state index contributed by atoms with van der Waals surface area (Å²) in [6.07, 6.45) is 0. The van der Waals surface area contributed by atoms with Crippen LogP contribution in [0.3, 0.4) is 0 Å². The van der Waals surface area contributed by atoms with E-state index in [-0.39, 0.29) is 24.6 Å². The number of ether oxygens (including phenoxy) is 1. The van der Waals surface area contributed by atoms with E-state index >= 15 is 0 Å². The molecule has 5 heteroatoms. The predicted molar refractivity (Wildman–Crippen MR) is 53.3 cm³/mol. The van der Waals surface area contributed by atoms with Gasteiger partial charge >= 0.3 is 0 Å². The van der Waals surface area contributed by atoms with E-state index in [9.17, 15) is 8.78 Å². The molecule has 1 aromatic rings. The number of rotatable bonds is 4. The molecule has 84 valence electrons. The molecule has 0 fully saturated rings. The van der Waals surface area contributed by atoms with Crippen molar-refractivity contribution in [1.82, 2.24) is 0 Å². The number of aliphatic hydroxyl groups is 1. The van der Waals surface area contributed by atoms with Crippen molar-refractivity contribution in [3.05, 3.63) is 23.8 Å². The van der Waals surface area contributed by atoms with Crippen LogP contribution in [-0.2, 0) is 0 Å². The van der Waals surface area contributed by atoms with Crippen LogP contribution >= 0.6 is 0 Å². The maximum absolute atomic E-state index is 13.4. The van der Waals surface area contributed by atoms with E-state index in [0.29, 0.717) is 0 Å². The highest BCUT2D eigenvalue weighted by molar-refractivity contribution is 5.50. The van der Waals surface area contributed by atoms with Gasteiger partial charge in [0.25, 0.3) is 0 Å². The Balaban J connectivity index is 3.04. The average Bonchev–Trinajstić information content (AvgIpc) is 2.21. The van der Waals surface area contributed by atoms with E-state index in [1.165, 1.54) is 12.0 Å². The van der Waals surface area contributed by atoms with E-state index in [2.05, 4.69) is 4.74 Å². The van der Waals surface area contributed by atoms with Crippen LogP contribution < -0.4 is 9.64 Å². The molecule has 0 saturated carbocycles. The molecule has 0 aliphatic rings. The summed E-state index contributed by atoms with van der Waals surface area (Å²) >= 11 is 0. The van der Waals surface area contributed by atoms with E-state index in [0.717, 1.165) is 12.1 Å². The Labute approximate surface area is 86.9 Å². The number of benzene rings is 1. The van der Waals surface area contributed by atoms with Crippen LogP contribution in [-0.4, -0.2) is 32.4 Å². The maximum atomic E-state index is 13.4. The van der Waals surface area contributed by atoms with Crippen LogP contribution in [0.4, 0.5) is 14.5 Å². The second-order valence-electron chi connectivity index (χ2n) is 3.08. The van der Waals surface area contributed by atoms with Gasteiger partial charge in [-0.1, -0.05) is 0 Å². The largest absolute Gasteiger partial charge is 0.494 e. The molecule has 0 atom stereocenters. The number of methoxy groups -OCH3 is 1. The minimum Gasteiger partial charge on any atom is -0.494 e. The fraction of sp³-hybridized carbons (Fsp3) is 0.400. The van der Waals surface area contributed by atoms with Crippen molar-refractivity contribution >= 4 is 5.69 Å². The van der Waals surface area contributed by atoms with E-state index in [1.54, 1.807) is 7.05 Å². The molecule has 1 N–H and O–H groups in total. The number of halogens is 2. The third kappa shape index (κ3) is 2.56. The summed E-state index contributed by atoms with van der Waals surface area (Å²) in [5.74, 6) is -1.34. The number of nitrogens with zero attached hydrogens (tertiary/aromatic N) is 1. The van der Waals surface area contributed by atoms with Crippen LogP contribution in [0.2, 0.25) is 0 Å². The second-order valence-corrected chi connectivity index (χ2v) is 3.08. The topological polar surface area (TPSA) is 32.7 Å². The molecule has 1 aromatic carbocycles. The highest BCUT2D eigenvalue weighted by atomic mass is 19.1. The van der Waals surface area contributed by atoms with Gasteiger partial charge in [-0.05, 0) is 0 Å². The van der Waals surface area contributed by atoms with Crippen molar-refractivity contribution in [2.45, 2.75) is 0 Å². The highest BCUT2D eigenvalue weighted by Gasteiger charge is 2.13. The van der Waals surface area contributed by atoms with Crippen LogP contribution in [0, 0.1) is 11.6 Å². The third-order valence-corrected chi connectivity index (χ3v) is 2.07. The fourth-order valence-corrected chi connectivity index (χ4v) is 1.24. The van der Waals surface area contributed by atoms with Crippen molar-refractivity contribution in [1.29, 1.82) is 0 Å². The Hall–Kier alpha value is -1.36. The summed E-state index contributed by atoms with van der Waals surface area (Å²) in [6.45, 7) is 0.117. The lowest BCUT2D eigenvalue weighted by Gasteiger charge is -2.19. The SMILES string of the molecule is COc1cc(F)c(N(C)CCO)cc1F. The first-order valence-corrected chi connectivity index (χ1v) is 4.45. The summed E-state index contributed by atoms with van der Waals surface area (Å²) in [5, 5.41) is 8.68. The summed E-state index contributed by atoms with van der Waals surface area (Å²) in [7, 11) is 2.84. The molecule has 0 amide bonds. The molecule has 0 bridgehead atoms. The number of likely N-dealkylation sites (N-methyl/N-ethyl adjacent to an activating group) is 1. The van der Waals surface area contributed by atoms with Crippen LogP contribution in [0.15, 0.2) is 12.1 Å². The molecule has 0 aliphatic heterocycles. The zero-order valence-corrected chi connectivity index (χ0v) is 8.63. The third-order valence-electron chi connectivity index (χ3n) is 2.07. The van der Waals surface area contributed by atoms with Crippen molar-refractivity contribution in [3.8, 4) is 5.75 Å². The first-order chi connectivity index (χ1) is 7.10. The van der Waals surface area contributed by atoms with Crippen molar-refractivity contribution < 1.29 is 18.6 Å². The van der Waals surface area contributed by atoms with Gasteiger partial charge in [-0.2, -0.15) is 0 Å². The lowest BCUT2D eigenvalue weighted by Crippen LogP contribution is -2.22. The van der Waals surface area contributed by atoms with Gasteiger partial charge in [0.05, 0.1) is 19.4 Å². The van der Waals surface area contributed by atoms with Gasteiger partial charge in [-0.3, -0.25) is 0 Å². The van der Waals surface area contributed by atoms with Crippen LogP contribution in [0.5, 0.6) is 5.75 Å². The Morgan fingerprint density at radius 2 is 2.00 bits per heavy atom. The molecule has 0 radical (unpaired) electrons. The Morgan fingerprint density at radius 1 is 1.33 bits per heavy atom. The molecule has 0 unspecified atom stereocenters. The summed E-state index contributed by atoms with van der Waals surface area (Å²) in [5.41, 5.74) is 0.0994. The fourth-order valence-electron chi connectivity index (χ4n) is 1.24. The molecule has 15 heavy (non-hydrogen) atoms. The van der Waals surface area contributed by atoms with Gasteiger partial charge in [-0.25, -0.2) is 8.78 Å². The number of hydrogen-bond donors (Lipinski definition) is 1. The lowest BCUT2D eigenvalue weighted by molar-refractivity contribution is 0.303. The van der Waals surface area contributed by atoms with Crippen LogP contribution in [0.25, 0.3) is 0 Å². The minimum atomic E-state index is -0.626. The molecule has 1 rings (SSSR count). The molecular formula is C10H13F2NO2. The zero-order chi connectivity index (χ0) is 11.4. The minimum absolute atomic E-state index is 0.0994. The number of aliphatic hydroxyl groups excluding tert-OH is 1. The van der Waals surface area contributed by atoms with Gasteiger partial charge in [0.15, 0.2) is 11.6 Å². The van der Waals surface area contributed by atoms with Gasteiger partial charge in [0.2, 0.25) is 0 Å². The average molecular weight is 217 g/mol. The summed E-state index contributed by atoms with van der Waals surface area (Å²) in [4.78, 5) is 1.43. The zero-order valence-electron chi connectivity index (χ0n) is 8.63. The quantitative estimate of drug-likeness (QED) is 0.827. The van der Waals surface area contributed by atoms with E-state index < -0.39 is 11.6 Å². The molecule has 0 spiro atoms. The Kier molecular flexibility index (Phi) is 3.85. The van der Waals surface area contributed by atoms with Gasteiger partial charge in [0, 0.05) is 25.7 Å². The van der Waals surface area contributed by atoms with E-state index in [1.807, 2.05) is 0 Å². The normalized spacial score (nSPS) is 10.2. The monoisotopic (exact) mass is 217 g/mol. The van der Waals surface area contributed by atoms with Gasteiger partial charge < -0.3 is 14.7 Å². The van der Waals surface area contributed by atoms with Crippen molar-refractivity contribution in [2.24, 2.45) is 0 Å². The van der Waals surface area contributed by atoms with Crippen molar-refractivity contribution in [2.75, 3.05) is 32.2 Å². The van der Waals surface area contributed by atoms with Crippen LogP contribution in [0.1, 0.15) is 0 Å². The van der Waals surface area contributed by atoms with E-state index in [4.69, 9.17) is 5.11 Å². The Morgan fingerprint density at radius 3 is 2.53 bits per heavy atom. The first kappa shape index (κ1) is 11.7.